The predicted octanol–water partition coefficient (Wildman–Crippen LogP) is 3.38. The van der Waals surface area contributed by atoms with E-state index in [0.29, 0.717) is 30.5 Å². The molecule has 0 aromatic heterocycles. The maximum absolute atomic E-state index is 12.4. The lowest BCUT2D eigenvalue weighted by Gasteiger charge is -2.17. The number of hydrogen-bond donors (Lipinski definition) is 0. The monoisotopic (exact) mass is 452 g/mol. The molecule has 2 heterocycles. The van der Waals surface area contributed by atoms with E-state index in [-0.39, 0.29) is 43.3 Å². The number of amides is 3. The average molecular weight is 453 g/mol. The summed E-state index contributed by atoms with van der Waals surface area (Å²) in [6.45, 7) is 0.782. The van der Waals surface area contributed by atoms with Gasteiger partial charge in [-0.15, -0.1) is 11.8 Å². The molecular formula is C24H24N2O5S. The van der Waals surface area contributed by atoms with Crippen molar-refractivity contribution < 1.29 is 23.9 Å². The normalized spacial score (nSPS) is 17.8. The highest BCUT2D eigenvalue weighted by Gasteiger charge is 2.36. The van der Waals surface area contributed by atoms with Gasteiger partial charge in [-0.25, -0.2) is 0 Å². The molecule has 0 N–H and O–H groups in total. The number of rotatable bonds is 8. The molecule has 8 heteroatoms. The van der Waals surface area contributed by atoms with Crippen molar-refractivity contribution >= 4 is 41.1 Å². The molecule has 2 aliphatic heterocycles. The van der Waals surface area contributed by atoms with Crippen molar-refractivity contribution in [3.05, 3.63) is 59.7 Å². The minimum atomic E-state index is -0.489. The number of benzene rings is 2. The molecule has 0 saturated carbocycles. The molecule has 166 valence electrons. The second-order valence-electron chi connectivity index (χ2n) is 7.79. The number of nitrogens with zero attached hydrogens (tertiary/aromatic N) is 2. The van der Waals surface area contributed by atoms with Gasteiger partial charge in [-0.1, -0.05) is 18.2 Å². The SMILES string of the molecule is CSc1cccc(N2C[C@@H](C(=O)OCCCCN3C(=O)c4ccccc4C3=O)CC2=O)c1. The lowest BCUT2D eigenvalue weighted by Crippen LogP contribution is -2.31. The molecule has 4 rings (SSSR count). The van der Waals surface area contributed by atoms with Crippen molar-refractivity contribution in [2.45, 2.75) is 24.2 Å². The lowest BCUT2D eigenvalue weighted by atomic mass is 10.1. The van der Waals surface area contributed by atoms with E-state index in [1.807, 2.05) is 30.5 Å². The highest BCUT2D eigenvalue weighted by molar-refractivity contribution is 7.98. The summed E-state index contributed by atoms with van der Waals surface area (Å²) in [6.07, 6.45) is 3.17. The van der Waals surface area contributed by atoms with Crippen LogP contribution in [-0.2, 0) is 14.3 Å². The lowest BCUT2D eigenvalue weighted by molar-refractivity contribution is -0.148. The Labute approximate surface area is 190 Å². The number of thioether (sulfide) groups is 1. The third-order valence-corrected chi connectivity index (χ3v) is 6.45. The Morgan fingerprint density at radius 1 is 1.03 bits per heavy atom. The molecular weight excluding hydrogens is 428 g/mol. The first-order chi connectivity index (χ1) is 15.5. The van der Waals surface area contributed by atoms with Gasteiger partial charge in [-0.2, -0.15) is 0 Å². The molecule has 0 aliphatic carbocycles. The first-order valence-electron chi connectivity index (χ1n) is 10.6. The minimum Gasteiger partial charge on any atom is -0.465 e. The van der Waals surface area contributed by atoms with Crippen LogP contribution in [0.5, 0.6) is 0 Å². The molecule has 1 saturated heterocycles. The van der Waals surface area contributed by atoms with Crippen LogP contribution in [0.3, 0.4) is 0 Å². The van der Waals surface area contributed by atoms with Crippen LogP contribution in [0.4, 0.5) is 5.69 Å². The minimum absolute atomic E-state index is 0.0872. The number of fused-ring (bicyclic) bond motifs is 1. The van der Waals surface area contributed by atoms with Crippen molar-refractivity contribution in [1.82, 2.24) is 4.90 Å². The summed E-state index contributed by atoms with van der Waals surface area (Å²) in [4.78, 5) is 53.5. The van der Waals surface area contributed by atoms with Crippen molar-refractivity contribution in [3.63, 3.8) is 0 Å². The molecule has 3 amide bonds. The third kappa shape index (κ3) is 4.41. The standard InChI is InChI=1S/C24H24N2O5S/c1-32-18-8-6-7-17(14-18)26-15-16(13-21(26)27)24(30)31-12-5-4-11-25-22(28)19-9-2-3-10-20(19)23(25)29/h2-3,6-10,14,16H,4-5,11-13,15H2,1H3/t16-/m0/s1. The Kier molecular flexibility index (Phi) is 6.60. The number of unbranched alkanes of at least 4 members (excludes halogenated alkanes) is 1. The van der Waals surface area contributed by atoms with Gasteiger partial charge < -0.3 is 9.64 Å². The number of ether oxygens (including phenoxy) is 1. The number of esters is 1. The van der Waals surface area contributed by atoms with Crippen LogP contribution in [-0.4, -0.2) is 54.5 Å². The quantitative estimate of drug-likeness (QED) is 0.264. The van der Waals surface area contributed by atoms with Crippen LogP contribution >= 0.6 is 11.8 Å². The number of carbonyl (C=O) groups excluding carboxylic acids is 4. The van der Waals surface area contributed by atoms with Crippen LogP contribution in [0.1, 0.15) is 40.0 Å². The molecule has 0 spiro atoms. The third-order valence-electron chi connectivity index (χ3n) is 5.72. The number of imide groups is 1. The molecule has 2 aromatic rings. The first kappa shape index (κ1) is 22.1. The molecule has 0 bridgehead atoms. The van der Waals surface area contributed by atoms with E-state index in [1.165, 1.54) is 4.90 Å². The Bertz CT molecular complexity index is 1030. The zero-order chi connectivity index (χ0) is 22.7. The topological polar surface area (TPSA) is 84.0 Å². The van der Waals surface area contributed by atoms with Crippen molar-refractivity contribution in [2.75, 3.05) is 30.9 Å². The van der Waals surface area contributed by atoms with Gasteiger partial charge >= 0.3 is 5.97 Å². The van der Waals surface area contributed by atoms with Gasteiger partial charge in [0, 0.05) is 30.1 Å². The highest BCUT2D eigenvalue weighted by Crippen LogP contribution is 2.29. The van der Waals surface area contributed by atoms with Crippen LogP contribution in [0.15, 0.2) is 53.4 Å². The Balaban J connectivity index is 1.22. The average Bonchev–Trinajstić information content (AvgIpc) is 3.32. The maximum Gasteiger partial charge on any atom is 0.311 e. The Hall–Kier alpha value is -3.13. The maximum atomic E-state index is 12.4. The first-order valence-corrected chi connectivity index (χ1v) is 11.8. The van der Waals surface area contributed by atoms with Crippen molar-refractivity contribution in [3.8, 4) is 0 Å². The van der Waals surface area contributed by atoms with E-state index < -0.39 is 5.92 Å². The van der Waals surface area contributed by atoms with E-state index >= 15 is 0 Å². The fraction of sp³-hybridized carbons (Fsp3) is 0.333. The zero-order valence-electron chi connectivity index (χ0n) is 17.8. The fourth-order valence-electron chi connectivity index (χ4n) is 4.00. The van der Waals surface area contributed by atoms with Gasteiger partial charge in [0.1, 0.15) is 0 Å². The largest absolute Gasteiger partial charge is 0.465 e. The molecule has 2 aliphatic rings. The van der Waals surface area contributed by atoms with Crippen LogP contribution < -0.4 is 4.90 Å². The van der Waals surface area contributed by atoms with Gasteiger partial charge in [0.2, 0.25) is 5.91 Å². The van der Waals surface area contributed by atoms with E-state index in [9.17, 15) is 19.2 Å². The smallest absolute Gasteiger partial charge is 0.311 e. The van der Waals surface area contributed by atoms with E-state index in [1.54, 1.807) is 40.9 Å². The predicted molar refractivity (Wildman–Crippen MR) is 121 cm³/mol. The summed E-state index contributed by atoms with van der Waals surface area (Å²) in [5.41, 5.74) is 1.66. The molecule has 7 nitrogen and oxygen atoms in total. The van der Waals surface area contributed by atoms with Crippen LogP contribution in [0.2, 0.25) is 0 Å². The van der Waals surface area contributed by atoms with E-state index in [2.05, 4.69) is 0 Å². The van der Waals surface area contributed by atoms with Gasteiger partial charge in [0.25, 0.3) is 11.8 Å². The van der Waals surface area contributed by atoms with Crippen LogP contribution in [0, 0.1) is 5.92 Å². The molecule has 2 aromatic carbocycles. The molecule has 1 atom stereocenters. The Morgan fingerprint density at radius 3 is 2.44 bits per heavy atom. The van der Waals surface area contributed by atoms with Gasteiger partial charge in [-0.3, -0.25) is 24.1 Å². The van der Waals surface area contributed by atoms with Crippen LogP contribution in [0.25, 0.3) is 0 Å². The molecule has 32 heavy (non-hydrogen) atoms. The van der Waals surface area contributed by atoms with Crippen molar-refractivity contribution in [2.24, 2.45) is 5.92 Å². The number of anilines is 1. The summed E-state index contributed by atoms with van der Waals surface area (Å²) in [6, 6.07) is 14.5. The van der Waals surface area contributed by atoms with Gasteiger partial charge in [0.05, 0.1) is 23.7 Å². The summed E-state index contributed by atoms with van der Waals surface area (Å²) in [5.74, 6) is -1.52. The molecule has 1 fully saturated rings. The second-order valence-corrected chi connectivity index (χ2v) is 8.67. The second kappa shape index (κ2) is 9.56. The highest BCUT2D eigenvalue weighted by atomic mass is 32.2. The van der Waals surface area contributed by atoms with E-state index in [4.69, 9.17) is 4.74 Å². The summed E-state index contributed by atoms with van der Waals surface area (Å²) >= 11 is 1.60. The number of hydrogen-bond acceptors (Lipinski definition) is 6. The van der Waals surface area contributed by atoms with E-state index in [0.717, 1.165) is 10.6 Å². The summed E-state index contributed by atoms with van der Waals surface area (Å²) in [7, 11) is 0. The fourth-order valence-corrected chi connectivity index (χ4v) is 4.45. The zero-order valence-corrected chi connectivity index (χ0v) is 18.6. The van der Waals surface area contributed by atoms with Gasteiger partial charge in [-0.05, 0) is 49.4 Å². The Morgan fingerprint density at radius 2 is 1.75 bits per heavy atom. The number of carbonyl (C=O) groups is 4. The van der Waals surface area contributed by atoms with Gasteiger partial charge in [0.15, 0.2) is 0 Å². The summed E-state index contributed by atoms with van der Waals surface area (Å²) < 4.78 is 5.37. The van der Waals surface area contributed by atoms with Crippen molar-refractivity contribution in [1.29, 1.82) is 0 Å². The summed E-state index contributed by atoms with van der Waals surface area (Å²) in [5, 5.41) is 0. The molecule has 0 unspecified atom stereocenters. The molecule has 0 radical (unpaired) electrons.